The zero-order valence-electron chi connectivity index (χ0n) is 11.6. The number of hydrogen-bond acceptors (Lipinski definition) is 5. The van der Waals surface area contributed by atoms with Gasteiger partial charge >= 0.3 is 0 Å². The molecular formula is C14H21NO4. The summed E-state index contributed by atoms with van der Waals surface area (Å²) in [6.07, 6.45) is 2.57. The van der Waals surface area contributed by atoms with E-state index in [-0.39, 0.29) is 12.1 Å². The number of aliphatic hydroxyl groups is 1. The highest BCUT2D eigenvalue weighted by molar-refractivity contribution is 5.62. The van der Waals surface area contributed by atoms with Crippen molar-refractivity contribution >= 4 is 5.69 Å². The largest absolute Gasteiger partial charge is 0.493 e. The number of ether oxygens (including phenoxy) is 3. The summed E-state index contributed by atoms with van der Waals surface area (Å²) in [7, 11) is 4.76. The van der Waals surface area contributed by atoms with Crippen LogP contribution in [0.25, 0.3) is 0 Å². The molecule has 0 aliphatic heterocycles. The number of rotatable bonds is 5. The molecule has 0 radical (unpaired) electrons. The van der Waals surface area contributed by atoms with E-state index < -0.39 is 0 Å². The Kier molecular flexibility index (Phi) is 4.37. The third kappa shape index (κ3) is 2.87. The summed E-state index contributed by atoms with van der Waals surface area (Å²) in [6.45, 7) is 0. The van der Waals surface area contributed by atoms with E-state index in [4.69, 9.17) is 14.2 Å². The lowest BCUT2D eigenvalue weighted by molar-refractivity contribution is 0.172. The minimum Gasteiger partial charge on any atom is -0.493 e. The fourth-order valence-corrected chi connectivity index (χ4v) is 2.49. The van der Waals surface area contributed by atoms with E-state index >= 15 is 0 Å². The average Bonchev–Trinajstić information content (AvgIpc) is 2.83. The second-order valence-electron chi connectivity index (χ2n) is 4.66. The van der Waals surface area contributed by atoms with Gasteiger partial charge in [0.05, 0.1) is 33.5 Å². The van der Waals surface area contributed by atoms with Crippen LogP contribution in [0.15, 0.2) is 12.1 Å². The fourth-order valence-electron chi connectivity index (χ4n) is 2.49. The summed E-state index contributed by atoms with van der Waals surface area (Å²) in [5, 5.41) is 13.2. The maximum Gasteiger partial charge on any atom is 0.203 e. The van der Waals surface area contributed by atoms with Crippen LogP contribution in [-0.2, 0) is 0 Å². The lowest BCUT2D eigenvalue weighted by atomic mass is 10.2. The highest BCUT2D eigenvalue weighted by atomic mass is 16.5. The second-order valence-corrected chi connectivity index (χ2v) is 4.66. The topological polar surface area (TPSA) is 60.0 Å². The second kappa shape index (κ2) is 6.02. The van der Waals surface area contributed by atoms with Gasteiger partial charge in [-0.3, -0.25) is 0 Å². The summed E-state index contributed by atoms with van der Waals surface area (Å²) in [5.41, 5.74) is 0.862. The van der Waals surface area contributed by atoms with Crippen molar-refractivity contribution in [2.75, 3.05) is 26.6 Å². The third-order valence-electron chi connectivity index (χ3n) is 3.50. The van der Waals surface area contributed by atoms with Crippen molar-refractivity contribution in [3.63, 3.8) is 0 Å². The molecule has 2 N–H and O–H groups in total. The van der Waals surface area contributed by atoms with Crippen molar-refractivity contribution in [2.45, 2.75) is 31.4 Å². The highest BCUT2D eigenvalue weighted by Crippen LogP contribution is 2.40. The SMILES string of the molecule is COc1cc(N[C@H]2CCC[C@@H]2O)cc(OC)c1OC. The molecule has 1 aromatic carbocycles. The van der Waals surface area contributed by atoms with E-state index in [0.29, 0.717) is 17.2 Å². The fraction of sp³-hybridized carbons (Fsp3) is 0.571. The minimum atomic E-state index is -0.293. The van der Waals surface area contributed by atoms with E-state index in [9.17, 15) is 5.11 Å². The number of aliphatic hydroxyl groups excluding tert-OH is 1. The lowest BCUT2D eigenvalue weighted by Crippen LogP contribution is -2.27. The molecule has 19 heavy (non-hydrogen) atoms. The predicted molar refractivity (Wildman–Crippen MR) is 73.4 cm³/mol. The van der Waals surface area contributed by atoms with Gasteiger partial charge in [-0.05, 0) is 19.3 Å². The zero-order valence-corrected chi connectivity index (χ0v) is 11.6. The third-order valence-corrected chi connectivity index (χ3v) is 3.50. The molecule has 0 aromatic heterocycles. The van der Waals surface area contributed by atoms with E-state index in [1.165, 1.54) is 0 Å². The first-order chi connectivity index (χ1) is 9.19. The van der Waals surface area contributed by atoms with Gasteiger partial charge in [-0.25, -0.2) is 0 Å². The molecule has 0 amide bonds. The maximum atomic E-state index is 9.85. The van der Waals surface area contributed by atoms with E-state index in [1.807, 2.05) is 12.1 Å². The first-order valence-electron chi connectivity index (χ1n) is 6.44. The molecular weight excluding hydrogens is 246 g/mol. The van der Waals surface area contributed by atoms with Gasteiger partial charge in [0, 0.05) is 17.8 Å². The smallest absolute Gasteiger partial charge is 0.203 e. The minimum absolute atomic E-state index is 0.0859. The predicted octanol–water partition coefficient (Wildman–Crippen LogP) is 2.04. The molecule has 0 heterocycles. The molecule has 106 valence electrons. The van der Waals surface area contributed by atoms with Gasteiger partial charge < -0.3 is 24.6 Å². The molecule has 0 spiro atoms. The molecule has 1 aromatic rings. The molecule has 2 rings (SSSR count). The van der Waals surface area contributed by atoms with Gasteiger partial charge in [-0.1, -0.05) is 0 Å². The highest BCUT2D eigenvalue weighted by Gasteiger charge is 2.25. The molecule has 1 saturated carbocycles. The first kappa shape index (κ1) is 13.8. The molecule has 0 unspecified atom stereocenters. The number of methoxy groups -OCH3 is 3. The Hall–Kier alpha value is -1.62. The molecule has 1 aliphatic rings. The molecule has 5 nitrogen and oxygen atoms in total. The van der Waals surface area contributed by atoms with Crippen LogP contribution in [0, 0.1) is 0 Å². The lowest BCUT2D eigenvalue weighted by Gasteiger charge is -2.20. The van der Waals surface area contributed by atoms with Crippen LogP contribution in [0.1, 0.15) is 19.3 Å². The van der Waals surface area contributed by atoms with Crippen molar-refractivity contribution in [1.82, 2.24) is 0 Å². The Balaban J connectivity index is 2.25. The van der Waals surface area contributed by atoms with Crippen LogP contribution in [0.2, 0.25) is 0 Å². The van der Waals surface area contributed by atoms with Crippen LogP contribution >= 0.6 is 0 Å². The standard InChI is InChI=1S/C14H21NO4/c1-17-12-7-9(8-13(18-2)14(12)19-3)15-10-5-4-6-11(10)16/h7-8,10-11,15-16H,4-6H2,1-3H3/t10-,11-/m0/s1. The number of benzene rings is 1. The van der Waals surface area contributed by atoms with Gasteiger partial charge in [-0.15, -0.1) is 0 Å². The van der Waals surface area contributed by atoms with Crippen molar-refractivity contribution in [3.8, 4) is 17.2 Å². The van der Waals surface area contributed by atoms with Crippen molar-refractivity contribution < 1.29 is 19.3 Å². The number of hydrogen-bond donors (Lipinski definition) is 2. The Labute approximate surface area is 113 Å². The molecule has 5 heteroatoms. The van der Waals surface area contributed by atoms with Crippen LogP contribution in [0.3, 0.4) is 0 Å². The Bertz CT molecular complexity index is 410. The summed E-state index contributed by atoms with van der Waals surface area (Å²) in [5.74, 6) is 1.79. The molecule has 2 atom stereocenters. The van der Waals surface area contributed by atoms with Crippen molar-refractivity contribution in [2.24, 2.45) is 0 Å². The van der Waals surface area contributed by atoms with Gasteiger partial charge in [0.15, 0.2) is 11.5 Å². The van der Waals surface area contributed by atoms with Crippen LogP contribution in [-0.4, -0.2) is 38.6 Å². The normalized spacial score (nSPS) is 22.1. The van der Waals surface area contributed by atoms with E-state index in [2.05, 4.69) is 5.32 Å². The van der Waals surface area contributed by atoms with Gasteiger partial charge in [0.25, 0.3) is 0 Å². The van der Waals surface area contributed by atoms with Crippen LogP contribution in [0.4, 0.5) is 5.69 Å². The number of nitrogens with one attached hydrogen (secondary N) is 1. The van der Waals surface area contributed by atoms with Crippen molar-refractivity contribution in [3.05, 3.63) is 12.1 Å². The van der Waals surface area contributed by atoms with Gasteiger partial charge in [0.2, 0.25) is 5.75 Å². The zero-order chi connectivity index (χ0) is 13.8. The van der Waals surface area contributed by atoms with E-state index in [1.54, 1.807) is 21.3 Å². The summed E-state index contributed by atoms with van der Waals surface area (Å²) >= 11 is 0. The summed E-state index contributed by atoms with van der Waals surface area (Å²) in [6, 6.07) is 3.79. The van der Waals surface area contributed by atoms with Crippen LogP contribution < -0.4 is 19.5 Å². The molecule has 1 aliphatic carbocycles. The molecule has 0 saturated heterocycles. The van der Waals surface area contributed by atoms with Gasteiger partial charge in [0.1, 0.15) is 0 Å². The monoisotopic (exact) mass is 267 g/mol. The quantitative estimate of drug-likeness (QED) is 0.855. The summed E-state index contributed by atoms with van der Waals surface area (Å²) < 4.78 is 15.9. The Morgan fingerprint density at radius 2 is 1.68 bits per heavy atom. The van der Waals surface area contributed by atoms with Crippen molar-refractivity contribution in [1.29, 1.82) is 0 Å². The van der Waals surface area contributed by atoms with Gasteiger partial charge in [-0.2, -0.15) is 0 Å². The van der Waals surface area contributed by atoms with Crippen LogP contribution in [0.5, 0.6) is 17.2 Å². The molecule has 1 fully saturated rings. The molecule has 0 bridgehead atoms. The maximum absolute atomic E-state index is 9.85. The Morgan fingerprint density at radius 3 is 2.11 bits per heavy atom. The van der Waals surface area contributed by atoms with E-state index in [0.717, 1.165) is 24.9 Å². The first-order valence-corrected chi connectivity index (χ1v) is 6.44. The summed E-state index contributed by atoms with van der Waals surface area (Å²) in [4.78, 5) is 0. The Morgan fingerprint density at radius 1 is 1.05 bits per heavy atom. The average molecular weight is 267 g/mol. The number of anilines is 1.